The van der Waals surface area contributed by atoms with Crippen LogP contribution in [0.25, 0.3) is 11.2 Å². The first-order valence-electron chi connectivity index (χ1n) is 15.4. The molecule has 1 aliphatic heterocycles. The fourth-order valence-corrected chi connectivity index (χ4v) is 2.22. The van der Waals surface area contributed by atoms with E-state index < -0.39 is 98.4 Å². The normalized spacial score (nSPS) is 36.9. The molecule has 9 nitrogen and oxygen atoms in total. The molecule has 3 rings (SSSR count). The number of carbonyl (C=O) groups is 1. The van der Waals surface area contributed by atoms with E-state index in [0.717, 1.165) is 6.92 Å². The van der Waals surface area contributed by atoms with Crippen LogP contribution >= 0.6 is 0 Å². The fraction of sp³-hybridized carbons (Fsp3) is 0.647. The number of amides is 1. The summed E-state index contributed by atoms with van der Waals surface area (Å²) >= 11 is 0. The van der Waals surface area contributed by atoms with E-state index in [9.17, 15) is 14.7 Å². The van der Waals surface area contributed by atoms with Crippen LogP contribution in [-0.2, 0) is 0 Å². The smallest absolute Gasteiger partial charge is 0.870 e. The second kappa shape index (κ2) is 10.1. The molecule has 0 aliphatic carbocycles. The van der Waals surface area contributed by atoms with Crippen LogP contribution in [0.1, 0.15) is 76.3 Å². The Kier molecular flexibility index (Phi) is 3.35. The largest absolute Gasteiger partial charge is 1.00 e. The van der Waals surface area contributed by atoms with E-state index in [-0.39, 0.29) is 66.2 Å². The monoisotopic (exact) mass is 416 g/mol. The van der Waals surface area contributed by atoms with E-state index in [4.69, 9.17) is 22.0 Å². The van der Waals surface area contributed by atoms with Crippen LogP contribution in [0.4, 0.5) is 0 Å². The van der Waals surface area contributed by atoms with Crippen molar-refractivity contribution in [3.63, 3.8) is 0 Å². The number of fused-ring (bicyclic) bond motifs is 1. The van der Waals surface area contributed by atoms with Crippen LogP contribution in [-0.4, -0.2) is 56.8 Å². The molecule has 2 unspecified atom stereocenters. The third kappa shape index (κ3) is 4.98. The van der Waals surface area contributed by atoms with E-state index in [1.54, 1.807) is 0 Å². The van der Waals surface area contributed by atoms with Crippen molar-refractivity contribution < 1.29 is 83.3 Å². The molecule has 2 atom stereocenters. The molecule has 0 bridgehead atoms. The Morgan fingerprint density at radius 1 is 1.52 bits per heavy atom. The van der Waals surface area contributed by atoms with Gasteiger partial charge >= 0.3 is 51.4 Å². The van der Waals surface area contributed by atoms with Gasteiger partial charge in [-0.3, -0.25) is 14.2 Å². The number of H-pyrrole nitrogens is 1. The summed E-state index contributed by atoms with van der Waals surface area (Å²) in [4.78, 5) is 26.1. The minimum Gasteiger partial charge on any atom is -0.870 e. The Morgan fingerprint density at radius 2 is 2.26 bits per heavy atom. The number of hydrogen-bond donors (Lipinski definition) is 2. The molecule has 0 spiro atoms. The third-order valence-electron chi connectivity index (χ3n) is 3.32. The summed E-state index contributed by atoms with van der Waals surface area (Å²) in [7, 11) is 0. The number of aromatic nitrogens is 4. The average molecular weight is 417 g/mol. The summed E-state index contributed by atoms with van der Waals surface area (Å²) in [6.07, 6.45) is -12.0. The number of rotatable bonds is 6. The topological polar surface area (TPSA) is 119 Å². The number of pyridine rings is 1. The maximum absolute atomic E-state index is 13.2. The number of carbonyl (C=O) groups excluding carboxylic acids is 1. The molecule has 10 heteroatoms. The van der Waals surface area contributed by atoms with Gasteiger partial charge in [-0.25, -0.2) is 0 Å². The van der Waals surface area contributed by atoms with Gasteiger partial charge in [0.2, 0.25) is 0 Å². The van der Waals surface area contributed by atoms with Crippen LogP contribution < -0.4 is 67.4 Å². The van der Waals surface area contributed by atoms with Crippen molar-refractivity contribution in [2.75, 3.05) is 26.1 Å². The molecule has 1 fully saturated rings. The van der Waals surface area contributed by atoms with Crippen LogP contribution in [0, 0.1) is 0 Å². The molecule has 2 aromatic rings. The zero-order valence-corrected chi connectivity index (χ0v) is 17.6. The zero-order chi connectivity index (χ0) is 32.8. The molecule has 1 amide bonds. The van der Waals surface area contributed by atoms with Crippen molar-refractivity contribution in [1.82, 2.24) is 30.2 Å². The number of nitrogens with one attached hydrogen (secondary N) is 2. The van der Waals surface area contributed by atoms with Gasteiger partial charge in [0.15, 0.2) is 7.06 Å². The van der Waals surface area contributed by atoms with Gasteiger partial charge in [0.05, 0.1) is 6.93 Å². The predicted octanol–water partition coefficient (Wildman–Crippen LogP) is -2.62. The Morgan fingerprint density at radius 3 is 2.96 bits per heavy atom. The molecule has 0 radical (unpaired) electrons. The molecular formula is C17H25KN6O3. The van der Waals surface area contributed by atoms with Crippen LogP contribution in [0.2, 0.25) is 1.41 Å². The molecule has 2 N–H and O–H groups in total. The van der Waals surface area contributed by atoms with E-state index in [0.29, 0.717) is 0 Å². The van der Waals surface area contributed by atoms with Gasteiger partial charge in [-0.05, 0) is 52.5 Å². The molecule has 0 saturated carbocycles. The Balaban J connectivity index is 0.00000645. The van der Waals surface area contributed by atoms with Gasteiger partial charge in [0.1, 0.15) is 5.52 Å². The minimum atomic E-state index is -3.72. The maximum atomic E-state index is 13.2. The quantitative estimate of drug-likeness (QED) is 0.498. The molecule has 3 heterocycles. The number of nitrogens with zero attached hydrogens (tertiary/aromatic N) is 4. The molecule has 1 saturated heterocycles. The van der Waals surface area contributed by atoms with Crippen molar-refractivity contribution in [3.05, 3.63) is 15.9 Å². The third-order valence-corrected chi connectivity index (χ3v) is 3.32. The van der Waals surface area contributed by atoms with Crippen molar-refractivity contribution in [2.45, 2.75) is 45.3 Å². The van der Waals surface area contributed by atoms with Crippen LogP contribution in [0.5, 0.6) is 5.75 Å². The minimum absolute atomic E-state index is 0. The standard InChI is InChI=1S/C17H26N6O3.K/c1-11(2)23-15-13(19-21-20-15)14(24)12(17(23)26)16(25)18-7-6-10-22-8-4-3-5-9-22;/h11,24H,3-10H2,1-2H3,(H,18,25)(H,19,20,21);/q;+1/p-1/i1D3,3D2,4D2,5D2,8D2,9D2,10D,11D;/hD. The summed E-state index contributed by atoms with van der Waals surface area (Å²) in [6, 6.07) is -2.78. The van der Waals surface area contributed by atoms with Gasteiger partial charge in [-0.2, -0.15) is 10.3 Å². The zero-order valence-electron chi connectivity index (χ0n) is 30.5. The van der Waals surface area contributed by atoms with Gasteiger partial charge in [0.25, 0.3) is 11.5 Å². The van der Waals surface area contributed by atoms with Gasteiger partial charge in [-0.1, -0.05) is 12.1 Å². The van der Waals surface area contributed by atoms with E-state index in [1.807, 2.05) is 5.21 Å². The van der Waals surface area contributed by atoms with Crippen LogP contribution in [0.3, 0.4) is 0 Å². The Hall–Kier alpha value is -0.784. The molecule has 2 aromatic heterocycles. The first-order valence-corrected chi connectivity index (χ1v) is 7.33. The maximum Gasteiger partial charge on any atom is 1.00 e. The van der Waals surface area contributed by atoms with E-state index in [2.05, 4.69) is 10.2 Å². The second-order valence-corrected chi connectivity index (χ2v) is 5.05. The van der Waals surface area contributed by atoms with Gasteiger partial charge < -0.3 is 15.3 Å². The van der Waals surface area contributed by atoms with E-state index in [1.165, 1.54) is 0 Å². The molecule has 1 aliphatic rings. The number of hydrogen-bond acceptors (Lipinski definition) is 6. The summed E-state index contributed by atoms with van der Waals surface area (Å²) in [6.45, 7) is -12.9. The Bertz CT molecular complexity index is 1430. The average Bonchev–Trinajstić information content (AvgIpc) is 3.29. The molecular weight excluding hydrogens is 375 g/mol. The number of piperidine rings is 1. The van der Waals surface area contributed by atoms with Crippen molar-refractivity contribution in [2.24, 2.45) is 0 Å². The number of likely N-dealkylation sites (tertiary alicyclic amines) is 1. The van der Waals surface area contributed by atoms with Crippen molar-refractivity contribution >= 4 is 17.1 Å². The van der Waals surface area contributed by atoms with Gasteiger partial charge in [0, 0.05) is 31.8 Å². The predicted molar refractivity (Wildman–Crippen MR) is 95.2 cm³/mol. The summed E-state index contributed by atoms with van der Waals surface area (Å²) in [5.41, 5.74) is -4.29. The van der Waals surface area contributed by atoms with Crippen molar-refractivity contribution in [3.8, 4) is 5.75 Å². The van der Waals surface area contributed by atoms with Gasteiger partial charge in [-0.15, -0.1) is 5.10 Å². The second-order valence-electron chi connectivity index (χ2n) is 5.05. The summed E-state index contributed by atoms with van der Waals surface area (Å²) in [5, 5.41) is 21.9. The fourth-order valence-electron chi connectivity index (χ4n) is 2.22. The summed E-state index contributed by atoms with van der Waals surface area (Å²) in [5.74, 6) is -3.04. The van der Waals surface area contributed by atoms with Crippen molar-refractivity contribution in [1.29, 1.82) is 0 Å². The first-order chi connectivity index (χ1) is 18.6. The first kappa shape index (κ1) is 8.93. The Labute approximate surface area is 222 Å². The van der Waals surface area contributed by atoms with E-state index >= 15 is 0 Å². The molecule has 142 valence electrons. The SMILES string of the molecule is [2H]C(CCN([2H])C(=O)c1c([O-])c2n[nH]nc2n(C([2H])(C)C([2H])([2H])[2H])c1=O)N1C([2H])([2H])C([2H])([2H])C([2H])([2H])C([2H])([2H])C1([2H])[2H].[K+]. The molecule has 0 aromatic carbocycles. The van der Waals surface area contributed by atoms with Crippen LogP contribution in [0.15, 0.2) is 4.79 Å². The molecule has 27 heavy (non-hydrogen) atoms. The number of aromatic amines is 1. The summed E-state index contributed by atoms with van der Waals surface area (Å²) < 4.78 is 128.